The van der Waals surface area contributed by atoms with Crippen LogP contribution in [0, 0.1) is 13.8 Å². The second-order valence-electron chi connectivity index (χ2n) is 6.80. The molecule has 1 aliphatic rings. The summed E-state index contributed by atoms with van der Waals surface area (Å²) < 4.78 is 23.2. The van der Waals surface area contributed by atoms with Crippen LogP contribution in [0.3, 0.4) is 0 Å². The van der Waals surface area contributed by atoms with E-state index in [2.05, 4.69) is 4.57 Å². The van der Waals surface area contributed by atoms with E-state index in [1.165, 1.54) is 33.5 Å². The summed E-state index contributed by atoms with van der Waals surface area (Å²) in [6, 6.07) is 5.34. The van der Waals surface area contributed by atoms with Gasteiger partial charge in [-0.1, -0.05) is 0 Å². The molecular formula is C21H25NO6. The van der Waals surface area contributed by atoms with Gasteiger partial charge in [-0.25, -0.2) is 4.79 Å². The molecule has 1 aromatic heterocycles. The number of nitrogens with zero attached hydrogens (tertiary/aromatic N) is 1. The maximum absolute atomic E-state index is 12.6. The molecule has 1 aliphatic carbocycles. The molecule has 7 heteroatoms. The second-order valence-corrected chi connectivity index (χ2v) is 6.80. The van der Waals surface area contributed by atoms with E-state index >= 15 is 0 Å². The number of benzene rings is 1. The molecule has 1 fully saturated rings. The highest BCUT2D eigenvalue weighted by molar-refractivity contribution is 6.00. The Morgan fingerprint density at radius 2 is 1.61 bits per heavy atom. The fraction of sp³-hybridized carbons (Fsp3) is 0.429. The average molecular weight is 387 g/mol. The van der Waals surface area contributed by atoms with Gasteiger partial charge in [0, 0.05) is 23.0 Å². The van der Waals surface area contributed by atoms with Crippen molar-refractivity contribution in [3.05, 3.63) is 40.7 Å². The third-order valence-electron chi connectivity index (χ3n) is 4.93. The lowest BCUT2D eigenvalue weighted by molar-refractivity contribution is 0.0474. The minimum atomic E-state index is -0.636. The van der Waals surface area contributed by atoms with Gasteiger partial charge in [-0.05, 0) is 44.9 Å². The molecule has 0 aliphatic heterocycles. The standard InChI is InChI=1S/C21H25NO6/c1-12-8-16(13(2)22(12)15-6-7-15)17(23)11-28-21(24)14-9-18(25-3)20(27-5)19(10-14)26-4/h8-10,15H,6-7,11H2,1-5H3. The molecule has 28 heavy (non-hydrogen) atoms. The molecule has 7 nitrogen and oxygen atoms in total. The molecule has 0 saturated heterocycles. The van der Waals surface area contributed by atoms with E-state index in [0.29, 0.717) is 28.9 Å². The Morgan fingerprint density at radius 3 is 2.11 bits per heavy atom. The van der Waals surface area contributed by atoms with E-state index in [0.717, 1.165) is 24.2 Å². The summed E-state index contributed by atoms with van der Waals surface area (Å²) in [5.41, 5.74) is 2.79. The Kier molecular flexibility index (Phi) is 5.63. The van der Waals surface area contributed by atoms with Gasteiger partial charge in [-0.3, -0.25) is 4.79 Å². The first kappa shape index (κ1) is 19.8. The van der Waals surface area contributed by atoms with Crippen molar-refractivity contribution in [3.8, 4) is 17.2 Å². The lowest BCUT2D eigenvalue weighted by Crippen LogP contribution is -2.15. The topological polar surface area (TPSA) is 76.0 Å². The van der Waals surface area contributed by atoms with Crippen LogP contribution >= 0.6 is 0 Å². The maximum Gasteiger partial charge on any atom is 0.338 e. The molecule has 150 valence electrons. The molecule has 3 rings (SSSR count). The maximum atomic E-state index is 12.6. The summed E-state index contributed by atoms with van der Waals surface area (Å²) in [6.07, 6.45) is 2.28. The van der Waals surface area contributed by atoms with Crippen LogP contribution < -0.4 is 14.2 Å². The van der Waals surface area contributed by atoms with Gasteiger partial charge in [0.1, 0.15) is 0 Å². The average Bonchev–Trinajstić information content (AvgIpc) is 3.48. The number of ether oxygens (including phenoxy) is 4. The Morgan fingerprint density at radius 1 is 1.00 bits per heavy atom. The molecule has 0 atom stereocenters. The minimum Gasteiger partial charge on any atom is -0.493 e. The highest BCUT2D eigenvalue weighted by Gasteiger charge is 2.28. The summed E-state index contributed by atoms with van der Waals surface area (Å²) in [6.45, 7) is 3.59. The predicted molar refractivity (Wildman–Crippen MR) is 103 cm³/mol. The van der Waals surface area contributed by atoms with Crippen LogP contribution in [0.5, 0.6) is 17.2 Å². The Bertz CT molecular complexity index is 885. The van der Waals surface area contributed by atoms with E-state index in [-0.39, 0.29) is 18.0 Å². The number of esters is 1. The number of Topliss-reactive ketones (excluding diaryl/α,β-unsaturated/α-hetero) is 1. The number of carbonyl (C=O) groups is 2. The summed E-state index contributed by atoms with van der Waals surface area (Å²) in [7, 11) is 4.41. The molecule has 0 spiro atoms. The smallest absolute Gasteiger partial charge is 0.338 e. The lowest BCUT2D eigenvalue weighted by Gasteiger charge is -2.13. The van der Waals surface area contributed by atoms with Crippen molar-refractivity contribution in [1.29, 1.82) is 0 Å². The van der Waals surface area contributed by atoms with E-state index < -0.39 is 5.97 Å². The zero-order valence-corrected chi connectivity index (χ0v) is 16.8. The van der Waals surface area contributed by atoms with Crippen LogP contribution in [0.25, 0.3) is 0 Å². The molecule has 0 amide bonds. The Labute approximate surface area is 164 Å². The van der Waals surface area contributed by atoms with Crippen LogP contribution in [-0.4, -0.2) is 44.3 Å². The van der Waals surface area contributed by atoms with Crippen molar-refractivity contribution in [2.24, 2.45) is 0 Å². The summed E-state index contributed by atoms with van der Waals surface area (Å²) in [5, 5.41) is 0. The quantitative estimate of drug-likeness (QED) is 0.510. The van der Waals surface area contributed by atoms with Crippen LogP contribution in [0.2, 0.25) is 0 Å². The number of aryl methyl sites for hydroxylation is 1. The van der Waals surface area contributed by atoms with Gasteiger partial charge in [0.25, 0.3) is 0 Å². The van der Waals surface area contributed by atoms with Crippen LogP contribution in [0.15, 0.2) is 18.2 Å². The summed E-state index contributed by atoms with van der Waals surface area (Å²) in [4.78, 5) is 25.1. The zero-order valence-electron chi connectivity index (χ0n) is 16.8. The number of rotatable bonds is 8. The fourth-order valence-corrected chi connectivity index (χ4v) is 3.45. The first-order valence-electron chi connectivity index (χ1n) is 9.10. The number of ketones is 1. The van der Waals surface area contributed by atoms with Gasteiger partial charge >= 0.3 is 5.97 Å². The fourth-order valence-electron chi connectivity index (χ4n) is 3.45. The van der Waals surface area contributed by atoms with Gasteiger partial charge in [-0.15, -0.1) is 0 Å². The molecule has 1 heterocycles. The van der Waals surface area contributed by atoms with Crippen LogP contribution in [0.1, 0.15) is 51.0 Å². The van der Waals surface area contributed by atoms with Gasteiger partial charge in [-0.2, -0.15) is 0 Å². The zero-order chi connectivity index (χ0) is 20.4. The van der Waals surface area contributed by atoms with Gasteiger partial charge in [0.15, 0.2) is 18.1 Å². The molecule has 0 radical (unpaired) electrons. The Balaban J connectivity index is 1.74. The van der Waals surface area contributed by atoms with E-state index in [4.69, 9.17) is 18.9 Å². The van der Waals surface area contributed by atoms with Gasteiger partial charge in [0.2, 0.25) is 11.5 Å². The third-order valence-corrected chi connectivity index (χ3v) is 4.93. The van der Waals surface area contributed by atoms with E-state index in [1.807, 2.05) is 19.9 Å². The predicted octanol–water partition coefficient (Wildman–Crippen LogP) is 3.51. The van der Waals surface area contributed by atoms with Crippen molar-refractivity contribution in [3.63, 3.8) is 0 Å². The van der Waals surface area contributed by atoms with Crippen molar-refractivity contribution in [2.75, 3.05) is 27.9 Å². The molecule has 1 saturated carbocycles. The van der Waals surface area contributed by atoms with Crippen LogP contribution in [0.4, 0.5) is 0 Å². The first-order valence-corrected chi connectivity index (χ1v) is 9.10. The molecule has 0 unspecified atom stereocenters. The Hall–Kier alpha value is -2.96. The molecule has 2 aromatic rings. The third kappa shape index (κ3) is 3.69. The highest BCUT2D eigenvalue weighted by Crippen LogP contribution is 2.39. The minimum absolute atomic E-state index is 0.214. The number of aromatic nitrogens is 1. The molecule has 0 N–H and O–H groups in total. The largest absolute Gasteiger partial charge is 0.493 e. The van der Waals surface area contributed by atoms with Crippen molar-refractivity contribution in [1.82, 2.24) is 4.57 Å². The highest BCUT2D eigenvalue weighted by atomic mass is 16.5. The number of methoxy groups -OCH3 is 3. The number of carbonyl (C=O) groups excluding carboxylic acids is 2. The summed E-state index contributed by atoms with van der Waals surface area (Å²) in [5.74, 6) is 0.204. The van der Waals surface area contributed by atoms with Crippen molar-refractivity contribution in [2.45, 2.75) is 32.7 Å². The first-order chi connectivity index (χ1) is 13.4. The van der Waals surface area contributed by atoms with Crippen molar-refractivity contribution >= 4 is 11.8 Å². The summed E-state index contributed by atoms with van der Waals surface area (Å²) >= 11 is 0. The molecule has 0 bridgehead atoms. The SMILES string of the molecule is COc1cc(C(=O)OCC(=O)c2cc(C)n(C3CC3)c2C)cc(OC)c1OC. The van der Waals surface area contributed by atoms with E-state index in [9.17, 15) is 9.59 Å². The molecular weight excluding hydrogens is 362 g/mol. The van der Waals surface area contributed by atoms with Gasteiger partial charge in [0.05, 0.1) is 26.9 Å². The van der Waals surface area contributed by atoms with Crippen molar-refractivity contribution < 1.29 is 28.5 Å². The lowest BCUT2D eigenvalue weighted by atomic mass is 10.1. The number of hydrogen-bond donors (Lipinski definition) is 0. The van der Waals surface area contributed by atoms with E-state index in [1.54, 1.807) is 0 Å². The van der Waals surface area contributed by atoms with Gasteiger partial charge < -0.3 is 23.5 Å². The number of hydrogen-bond acceptors (Lipinski definition) is 6. The second kappa shape index (κ2) is 7.96. The monoisotopic (exact) mass is 387 g/mol. The molecule has 1 aromatic carbocycles. The normalized spacial score (nSPS) is 13.2. The van der Waals surface area contributed by atoms with Crippen LogP contribution in [-0.2, 0) is 4.74 Å².